The molecular formula is C12H22N4O3S. The van der Waals surface area contributed by atoms with Gasteiger partial charge in [-0.15, -0.1) is 5.10 Å². The number of methoxy groups -OCH3 is 1. The molecule has 2 N–H and O–H groups in total. The third kappa shape index (κ3) is 3.63. The van der Waals surface area contributed by atoms with Crippen LogP contribution in [0.4, 0.5) is 0 Å². The van der Waals surface area contributed by atoms with Crippen molar-refractivity contribution >= 4 is 17.7 Å². The molecule has 0 radical (unpaired) electrons. The summed E-state index contributed by atoms with van der Waals surface area (Å²) in [6.07, 6.45) is 0. The fourth-order valence-electron chi connectivity index (χ4n) is 1.85. The predicted octanol–water partition coefficient (Wildman–Crippen LogP) is 0.786. The Kier molecular flexibility index (Phi) is 5.82. The largest absolute Gasteiger partial charge is 0.468 e. The number of carbonyl (C=O) groups excluding carboxylic acids is 1. The minimum atomic E-state index is -0.815. The minimum Gasteiger partial charge on any atom is -0.468 e. The molecule has 0 spiro atoms. The maximum absolute atomic E-state index is 11.9. The van der Waals surface area contributed by atoms with Gasteiger partial charge in [-0.25, -0.2) is 9.89 Å². The van der Waals surface area contributed by atoms with Crippen LogP contribution in [0.25, 0.3) is 0 Å². The van der Waals surface area contributed by atoms with Crippen molar-refractivity contribution in [3.8, 4) is 0 Å². The van der Waals surface area contributed by atoms with Gasteiger partial charge in [0.25, 0.3) is 0 Å². The average molecular weight is 302 g/mol. The van der Waals surface area contributed by atoms with Gasteiger partial charge < -0.3 is 10.1 Å². The number of aromatic nitrogens is 3. The molecule has 1 heterocycles. The van der Waals surface area contributed by atoms with Crippen molar-refractivity contribution in [2.45, 2.75) is 44.4 Å². The number of esters is 1. The topological polar surface area (TPSA) is 89.0 Å². The number of hydrogen-bond acceptors (Lipinski definition) is 6. The SMILES string of the molecule is CCNC(C)(CSc1n[nH]c(=O)n1C(C)C)C(=O)OC. The van der Waals surface area contributed by atoms with Crippen LogP contribution in [-0.4, -0.2) is 45.7 Å². The maximum atomic E-state index is 11.9. The second-order valence-electron chi connectivity index (χ2n) is 4.92. The van der Waals surface area contributed by atoms with E-state index < -0.39 is 5.54 Å². The molecule has 114 valence electrons. The van der Waals surface area contributed by atoms with E-state index in [9.17, 15) is 9.59 Å². The Morgan fingerprint density at radius 1 is 1.60 bits per heavy atom. The summed E-state index contributed by atoms with van der Waals surface area (Å²) in [5.41, 5.74) is -1.06. The third-order valence-electron chi connectivity index (χ3n) is 2.88. The Labute approximate surface area is 122 Å². The van der Waals surface area contributed by atoms with Gasteiger partial charge in [-0.05, 0) is 27.3 Å². The molecule has 20 heavy (non-hydrogen) atoms. The van der Waals surface area contributed by atoms with Gasteiger partial charge in [0.15, 0.2) is 5.16 Å². The quantitative estimate of drug-likeness (QED) is 0.572. The van der Waals surface area contributed by atoms with Gasteiger partial charge in [0.05, 0.1) is 7.11 Å². The fraction of sp³-hybridized carbons (Fsp3) is 0.750. The van der Waals surface area contributed by atoms with Gasteiger partial charge in [-0.1, -0.05) is 18.7 Å². The first kappa shape index (κ1) is 16.8. The van der Waals surface area contributed by atoms with Crippen LogP contribution in [0.5, 0.6) is 0 Å². The predicted molar refractivity (Wildman–Crippen MR) is 78.1 cm³/mol. The Morgan fingerprint density at radius 2 is 2.25 bits per heavy atom. The van der Waals surface area contributed by atoms with Gasteiger partial charge in [0, 0.05) is 11.8 Å². The lowest BCUT2D eigenvalue weighted by Gasteiger charge is -2.26. The number of nitrogens with zero attached hydrogens (tertiary/aromatic N) is 2. The second-order valence-corrected chi connectivity index (χ2v) is 5.86. The highest BCUT2D eigenvalue weighted by atomic mass is 32.2. The number of hydrogen-bond donors (Lipinski definition) is 2. The van der Waals surface area contributed by atoms with Gasteiger partial charge in [-0.2, -0.15) is 0 Å². The number of rotatable bonds is 7. The molecule has 1 rings (SSSR count). The molecule has 1 atom stereocenters. The van der Waals surface area contributed by atoms with Crippen LogP contribution < -0.4 is 11.0 Å². The van der Waals surface area contributed by atoms with E-state index in [4.69, 9.17) is 4.74 Å². The number of nitrogens with one attached hydrogen (secondary N) is 2. The van der Waals surface area contributed by atoms with Crippen LogP contribution in [0, 0.1) is 0 Å². The zero-order valence-corrected chi connectivity index (χ0v) is 13.3. The zero-order chi connectivity index (χ0) is 15.3. The Balaban J connectivity index is 2.88. The van der Waals surface area contributed by atoms with Crippen LogP contribution in [-0.2, 0) is 9.53 Å². The lowest BCUT2D eigenvalue weighted by molar-refractivity contribution is -0.146. The number of ether oxygens (including phenoxy) is 1. The van der Waals surface area contributed by atoms with Crippen LogP contribution in [0.1, 0.15) is 33.7 Å². The van der Waals surface area contributed by atoms with Crippen LogP contribution in [0.2, 0.25) is 0 Å². The van der Waals surface area contributed by atoms with Gasteiger partial charge in [-0.3, -0.25) is 9.36 Å². The Bertz CT molecular complexity index is 511. The first-order valence-electron chi connectivity index (χ1n) is 6.48. The van der Waals surface area contributed by atoms with E-state index in [1.165, 1.54) is 18.9 Å². The van der Waals surface area contributed by atoms with E-state index in [2.05, 4.69) is 15.5 Å². The highest BCUT2D eigenvalue weighted by Crippen LogP contribution is 2.22. The molecule has 0 aliphatic heterocycles. The van der Waals surface area contributed by atoms with Gasteiger partial charge in [0.1, 0.15) is 5.54 Å². The standard InChI is InChI=1S/C12H22N4O3S/c1-6-13-12(4,9(17)19-5)7-20-11-15-14-10(18)16(11)8(2)3/h8,13H,6-7H2,1-5H3,(H,14,18). The summed E-state index contributed by atoms with van der Waals surface area (Å²) >= 11 is 1.34. The molecular weight excluding hydrogens is 280 g/mol. The summed E-state index contributed by atoms with van der Waals surface area (Å²) in [6.45, 7) is 8.16. The first-order chi connectivity index (χ1) is 9.35. The number of carbonyl (C=O) groups is 1. The van der Waals surface area contributed by atoms with Crippen molar-refractivity contribution in [3.63, 3.8) is 0 Å². The van der Waals surface area contributed by atoms with Crippen LogP contribution in [0.3, 0.4) is 0 Å². The number of likely N-dealkylation sites (N-methyl/N-ethyl adjacent to an activating group) is 1. The minimum absolute atomic E-state index is 0.00673. The molecule has 0 aliphatic rings. The molecule has 8 heteroatoms. The molecule has 0 aromatic carbocycles. The smallest absolute Gasteiger partial charge is 0.344 e. The second kappa shape index (κ2) is 6.94. The van der Waals surface area contributed by atoms with Crippen molar-refractivity contribution in [3.05, 3.63) is 10.5 Å². The third-order valence-corrected chi connectivity index (χ3v) is 4.15. The highest BCUT2D eigenvalue weighted by molar-refractivity contribution is 7.99. The lowest BCUT2D eigenvalue weighted by atomic mass is 10.1. The number of H-pyrrole nitrogens is 1. The first-order valence-corrected chi connectivity index (χ1v) is 7.47. The monoisotopic (exact) mass is 302 g/mol. The zero-order valence-electron chi connectivity index (χ0n) is 12.5. The average Bonchev–Trinajstić information content (AvgIpc) is 2.77. The van der Waals surface area contributed by atoms with Gasteiger partial charge >= 0.3 is 11.7 Å². The molecule has 1 aromatic heterocycles. The highest BCUT2D eigenvalue weighted by Gasteiger charge is 2.34. The van der Waals surface area contributed by atoms with E-state index in [0.29, 0.717) is 17.5 Å². The summed E-state index contributed by atoms with van der Waals surface area (Å²) < 4.78 is 6.39. The summed E-state index contributed by atoms with van der Waals surface area (Å²) in [4.78, 5) is 23.5. The summed E-state index contributed by atoms with van der Waals surface area (Å²) in [6, 6.07) is 0.00673. The Morgan fingerprint density at radius 3 is 2.75 bits per heavy atom. The molecule has 1 aromatic rings. The van der Waals surface area contributed by atoms with E-state index in [1.54, 1.807) is 11.5 Å². The normalized spacial score (nSPS) is 14.3. The molecule has 0 saturated heterocycles. The van der Waals surface area contributed by atoms with E-state index >= 15 is 0 Å². The van der Waals surface area contributed by atoms with E-state index in [0.717, 1.165) is 0 Å². The van der Waals surface area contributed by atoms with Crippen molar-refractivity contribution < 1.29 is 9.53 Å². The summed E-state index contributed by atoms with van der Waals surface area (Å²) in [5, 5.41) is 10.1. The number of aromatic amines is 1. The van der Waals surface area contributed by atoms with Crippen molar-refractivity contribution in [1.29, 1.82) is 0 Å². The van der Waals surface area contributed by atoms with Crippen LogP contribution in [0.15, 0.2) is 9.95 Å². The van der Waals surface area contributed by atoms with Gasteiger partial charge in [0.2, 0.25) is 0 Å². The molecule has 0 aliphatic carbocycles. The molecule has 7 nitrogen and oxygen atoms in total. The maximum Gasteiger partial charge on any atom is 0.344 e. The molecule has 0 bridgehead atoms. The molecule has 0 saturated carbocycles. The van der Waals surface area contributed by atoms with E-state index in [-0.39, 0.29) is 17.7 Å². The van der Waals surface area contributed by atoms with Crippen molar-refractivity contribution in [2.75, 3.05) is 19.4 Å². The molecule has 0 amide bonds. The molecule has 1 unspecified atom stereocenters. The molecule has 0 fully saturated rings. The fourth-order valence-corrected chi connectivity index (χ4v) is 3.03. The van der Waals surface area contributed by atoms with Crippen molar-refractivity contribution in [2.24, 2.45) is 0 Å². The lowest BCUT2D eigenvalue weighted by Crippen LogP contribution is -2.52. The Hall–Kier alpha value is -1.28. The van der Waals surface area contributed by atoms with Crippen LogP contribution >= 0.6 is 11.8 Å². The summed E-state index contributed by atoms with van der Waals surface area (Å²) in [5.74, 6) is 0.0886. The van der Waals surface area contributed by atoms with E-state index in [1.807, 2.05) is 20.8 Å². The van der Waals surface area contributed by atoms with Crippen molar-refractivity contribution in [1.82, 2.24) is 20.1 Å². The summed E-state index contributed by atoms with van der Waals surface area (Å²) in [7, 11) is 1.36. The number of thioether (sulfide) groups is 1.